The van der Waals surface area contributed by atoms with Crippen molar-refractivity contribution >= 4 is 0 Å². The second-order valence-corrected chi connectivity index (χ2v) is 6.34. The molecule has 2 atom stereocenters. The lowest BCUT2D eigenvalue weighted by molar-refractivity contribution is 0.0955. The summed E-state index contributed by atoms with van der Waals surface area (Å²) in [6, 6.07) is 10.3. The molecule has 2 aliphatic carbocycles. The predicted octanol–water partition coefficient (Wildman–Crippen LogP) is 2.60. The largest absolute Gasteiger partial charge is 0.330 e. The maximum absolute atomic E-state index is 5.99. The highest BCUT2D eigenvalue weighted by Crippen LogP contribution is 2.32. The van der Waals surface area contributed by atoms with Crippen LogP contribution in [0.1, 0.15) is 36.8 Å². The van der Waals surface area contributed by atoms with Gasteiger partial charge in [0.15, 0.2) is 0 Å². The van der Waals surface area contributed by atoms with Gasteiger partial charge in [0, 0.05) is 12.1 Å². The molecule has 2 N–H and O–H groups in total. The second-order valence-electron chi connectivity index (χ2n) is 6.34. The first-order valence-electron chi connectivity index (χ1n) is 7.78. The molecule has 2 unspecified atom stereocenters. The number of likely N-dealkylation sites (N-methyl/N-ethyl adjacent to an activating group) is 1. The fraction of sp³-hybridized carbons (Fsp3) is 0.647. The molecule has 0 heterocycles. The maximum Gasteiger partial charge on any atom is 0.0176 e. The third-order valence-corrected chi connectivity index (χ3v) is 5.30. The Labute approximate surface area is 117 Å². The summed E-state index contributed by atoms with van der Waals surface area (Å²) < 4.78 is 0. The van der Waals surface area contributed by atoms with Crippen molar-refractivity contribution in [1.82, 2.24) is 4.90 Å². The molecule has 3 rings (SSSR count). The summed E-state index contributed by atoms with van der Waals surface area (Å²) in [6.45, 7) is 0.856. The van der Waals surface area contributed by atoms with Crippen LogP contribution in [-0.2, 0) is 12.8 Å². The molecule has 0 radical (unpaired) electrons. The maximum atomic E-state index is 5.99. The average molecular weight is 258 g/mol. The molecule has 0 aliphatic heterocycles. The lowest BCUT2D eigenvalue weighted by atomic mass is 9.83. The van der Waals surface area contributed by atoms with E-state index in [1.165, 1.54) is 38.5 Å². The zero-order valence-electron chi connectivity index (χ0n) is 12.0. The van der Waals surface area contributed by atoms with Gasteiger partial charge in [0.1, 0.15) is 0 Å². The van der Waals surface area contributed by atoms with Gasteiger partial charge in [-0.15, -0.1) is 0 Å². The van der Waals surface area contributed by atoms with Crippen LogP contribution in [-0.4, -0.2) is 30.6 Å². The first-order chi connectivity index (χ1) is 9.29. The van der Waals surface area contributed by atoms with Gasteiger partial charge in [-0.25, -0.2) is 0 Å². The SMILES string of the molecule is CN(C1Cc2ccccc2C1)C1CCCCC1CN. The molecule has 1 saturated carbocycles. The zero-order chi connectivity index (χ0) is 13.2. The fourth-order valence-corrected chi connectivity index (χ4v) is 4.09. The number of rotatable bonds is 3. The number of hydrogen-bond acceptors (Lipinski definition) is 2. The minimum Gasteiger partial charge on any atom is -0.330 e. The summed E-state index contributed by atoms with van der Waals surface area (Å²) in [6.07, 6.45) is 7.86. The average Bonchev–Trinajstić information content (AvgIpc) is 2.90. The van der Waals surface area contributed by atoms with Gasteiger partial charge in [-0.3, -0.25) is 4.90 Å². The Morgan fingerprint density at radius 3 is 2.37 bits per heavy atom. The number of benzene rings is 1. The molecule has 0 aromatic heterocycles. The van der Waals surface area contributed by atoms with E-state index in [4.69, 9.17) is 5.73 Å². The Morgan fingerprint density at radius 2 is 1.74 bits per heavy atom. The summed E-state index contributed by atoms with van der Waals surface area (Å²) in [4.78, 5) is 2.65. The Morgan fingerprint density at radius 1 is 1.11 bits per heavy atom. The third kappa shape index (κ3) is 2.56. The van der Waals surface area contributed by atoms with Crippen LogP contribution in [0.3, 0.4) is 0 Å². The summed E-state index contributed by atoms with van der Waals surface area (Å²) in [7, 11) is 2.33. The lowest BCUT2D eigenvalue weighted by Crippen LogP contribution is -2.48. The van der Waals surface area contributed by atoms with Crippen molar-refractivity contribution in [2.75, 3.05) is 13.6 Å². The van der Waals surface area contributed by atoms with Crippen LogP contribution < -0.4 is 5.73 Å². The molecular weight excluding hydrogens is 232 g/mol. The lowest BCUT2D eigenvalue weighted by Gasteiger charge is -2.40. The molecule has 104 valence electrons. The van der Waals surface area contributed by atoms with E-state index in [9.17, 15) is 0 Å². The summed E-state index contributed by atoms with van der Waals surface area (Å²) in [5.41, 5.74) is 9.10. The van der Waals surface area contributed by atoms with Gasteiger partial charge in [0.2, 0.25) is 0 Å². The molecule has 2 nitrogen and oxygen atoms in total. The van der Waals surface area contributed by atoms with Crippen molar-refractivity contribution in [2.24, 2.45) is 11.7 Å². The zero-order valence-corrected chi connectivity index (χ0v) is 12.0. The first kappa shape index (κ1) is 13.1. The van der Waals surface area contributed by atoms with Crippen LogP contribution in [0.25, 0.3) is 0 Å². The Kier molecular flexibility index (Phi) is 3.90. The van der Waals surface area contributed by atoms with Crippen LogP contribution in [0.4, 0.5) is 0 Å². The molecule has 0 bridgehead atoms. The molecular formula is C17H26N2. The normalized spacial score (nSPS) is 27.7. The van der Waals surface area contributed by atoms with E-state index in [0.717, 1.165) is 6.54 Å². The Hall–Kier alpha value is -0.860. The molecule has 2 heteroatoms. The van der Waals surface area contributed by atoms with E-state index < -0.39 is 0 Å². The van der Waals surface area contributed by atoms with Crippen molar-refractivity contribution in [3.05, 3.63) is 35.4 Å². The molecule has 0 spiro atoms. The smallest absolute Gasteiger partial charge is 0.0176 e. The minimum atomic E-state index is 0.689. The van der Waals surface area contributed by atoms with Crippen molar-refractivity contribution in [2.45, 2.75) is 50.6 Å². The van der Waals surface area contributed by atoms with E-state index in [1.807, 2.05) is 0 Å². The molecule has 0 saturated heterocycles. The van der Waals surface area contributed by atoms with E-state index in [0.29, 0.717) is 18.0 Å². The van der Waals surface area contributed by atoms with Crippen LogP contribution in [0, 0.1) is 5.92 Å². The summed E-state index contributed by atoms with van der Waals surface area (Å²) >= 11 is 0. The van der Waals surface area contributed by atoms with Crippen LogP contribution in [0.5, 0.6) is 0 Å². The van der Waals surface area contributed by atoms with Crippen molar-refractivity contribution in [3.8, 4) is 0 Å². The summed E-state index contributed by atoms with van der Waals surface area (Å²) in [5.74, 6) is 0.711. The van der Waals surface area contributed by atoms with Crippen LogP contribution >= 0.6 is 0 Å². The van der Waals surface area contributed by atoms with Crippen molar-refractivity contribution < 1.29 is 0 Å². The summed E-state index contributed by atoms with van der Waals surface area (Å²) in [5, 5.41) is 0. The molecule has 19 heavy (non-hydrogen) atoms. The van der Waals surface area contributed by atoms with Gasteiger partial charge < -0.3 is 5.73 Å². The molecule has 1 aromatic rings. The van der Waals surface area contributed by atoms with Gasteiger partial charge in [-0.1, -0.05) is 37.1 Å². The molecule has 1 fully saturated rings. The van der Waals surface area contributed by atoms with Gasteiger partial charge in [-0.2, -0.15) is 0 Å². The van der Waals surface area contributed by atoms with Gasteiger partial charge in [0.05, 0.1) is 0 Å². The second kappa shape index (κ2) is 5.64. The molecule has 2 aliphatic rings. The number of nitrogens with two attached hydrogens (primary N) is 1. The minimum absolute atomic E-state index is 0.689. The monoisotopic (exact) mass is 258 g/mol. The highest BCUT2D eigenvalue weighted by Gasteiger charge is 2.33. The topological polar surface area (TPSA) is 29.3 Å². The van der Waals surface area contributed by atoms with Crippen molar-refractivity contribution in [3.63, 3.8) is 0 Å². The molecule has 1 aromatic carbocycles. The number of fused-ring (bicyclic) bond motifs is 1. The van der Waals surface area contributed by atoms with Gasteiger partial charge in [-0.05, 0) is 56.3 Å². The van der Waals surface area contributed by atoms with E-state index >= 15 is 0 Å². The predicted molar refractivity (Wildman–Crippen MR) is 80.2 cm³/mol. The number of hydrogen-bond donors (Lipinski definition) is 1. The Bertz CT molecular complexity index is 404. The van der Waals surface area contributed by atoms with Gasteiger partial charge >= 0.3 is 0 Å². The van der Waals surface area contributed by atoms with Crippen LogP contribution in [0.2, 0.25) is 0 Å². The Balaban J connectivity index is 1.70. The van der Waals surface area contributed by atoms with E-state index in [-0.39, 0.29) is 0 Å². The third-order valence-electron chi connectivity index (χ3n) is 5.30. The quantitative estimate of drug-likeness (QED) is 0.903. The van der Waals surface area contributed by atoms with Crippen LogP contribution in [0.15, 0.2) is 24.3 Å². The van der Waals surface area contributed by atoms with Gasteiger partial charge in [0.25, 0.3) is 0 Å². The first-order valence-corrected chi connectivity index (χ1v) is 7.78. The molecule has 0 amide bonds. The van der Waals surface area contributed by atoms with Crippen molar-refractivity contribution in [1.29, 1.82) is 0 Å². The highest BCUT2D eigenvalue weighted by molar-refractivity contribution is 5.33. The standard InChI is InChI=1S/C17H26N2/c1-19(17-9-5-4-8-15(17)12-18)16-10-13-6-2-3-7-14(13)11-16/h2-3,6-7,15-17H,4-5,8-12,18H2,1H3. The highest BCUT2D eigenvalue weighted by atomic mass is 15.2. The van der Waals surface area contributed by atoms with E-state index in [1.54, 1.807) is 11.1 Å². The number of nitrogens with zero attached hydrogens (tertiary/aromatic N) is 1. The van der Waals surface area contributed by atoms with E-state index in [2.05, 4.69) is 36.2 Å². The fourth-order valence-electron chi connectivity index (χ4n) is 4.09.